The van der Waals surface area contributed by atoms with Gasteiger partial charge in [-0.15, -0.1) is 0 Å². The van der Waals surface area contributed by atoms with Crippen LogP contribution in [0.3, 0.4) is 0 Å². The third kappa shape index (κ3) is 2.77. The zero-order valence-corrected chi connectivity index (χ0v) is 10.9. The Kier molecular flexibility index (Phi) is 3.99. The predicted molar refractivity (Wildman–Crippen MR) is 71.6 cm³/mol. The quantitative estimate of drug-likeness (QED) is 0.687. The maximum atomic E-state index is 12.3. The van der Waals surface area contributed by atoms with Crippen molar-refractivity contribution in [3.8, 4) is 0 Å². The van der Waals surface area contributed by atoms with Crippen molar-refractivity contribution in [3.63, 3.8) is 0 Å². The molecular formula is C13H15N3O4. The highest BCUT2D eigenvalue weighted by molar-refractivity contribution is 6.04. The Hall–Kier alpha value is -2.41. The van der Waals surface area contributed by atoms with Crippen LogP contribution in [0.15, 0.2) is 24.3 Å². The monoisotopic (exact) mass is 277 g/mol. The van der Waals surface area contributed by atoms with Crippen molar-refractivity contribution >= 4 is 23.5 Å². The van der Waals surface area contributed by atoms with Crippen molar-refractivity contribution in [1.29, 1.82) is 0 Å². The standard InChI is InChI=1S/C13H15N3O4/c1-16(10-5-3-2-4-8(10)13(19)20)12(18)9-6-15-11(17)7-14-9/h2-5,9,14H,6-7H2,1H3,(H,15,17)(H,19,20). The number of nitrogens with one attached hydrogen (secondary N) is 2. The minimum atomic E-state index is -1.09. The van der Waals surface area contributed by atoms with Crippen LogP contribution >= 0.6 is 0 Å². The van der Waals surface area contributed by atoms with Gasteiger partial charge in [0.05, 0.1) is 17.8 Å². The number of aromatic carboxylic acids is 1. The molecule has 0 spiro atoms. The Morgan fingerprint density at radius 1 is 1.35 bits per heavy atom. The number of anilines is 1. The Morgan fingerprint density at radius 2 is 2.05 bits per heavy atom. The minimum absolute atomic E-state index is 0.0585. The second-order valence-corrected chi connectivity index (χ2v) is 4.46. The van der Waals surface area contributed by atoms with E-state index in [2.05, 4.69) is 10.6 Å². The number of benzene rings is 1. The van der Waals surface area contributed by atoms with Gasteiger partial charge in [-0.3, -0.25) is 14.9 Å². The zero-order valence-electron chi connectivity index (χ0n) is 10.9. The number of carbonyl (C=O) groups excluding carboxylic acids is 2. The molecule has 0 saturated carbocycles. The maximum Gasteiger partial charge on any atom is 0.337 e. The van der Waals surface area contributed by atoms with Crippen LogP contribution in [0.5, 0.6) is 0 Å². The number of para-hydroxylation sites is 1. The van der Waals surface area contributed by atoms with Gasteiger partial charge in [-0.1, -0.05) is 12.1 Å². The summed E-state index contributed by atoms with van der Waals surface area (Å²) in [6.45, 7) is 0.266. The highest BCUT2D eigenvalue weighted by atomic mass is 16.4. The van der Waals surface area contributed by atoms with E-state index in [1.165, 1.54) is 18.0 Å². The third-order valence-corrected chi connectivity index (χ3v) is 3.14. The van der Waals surface area contributed by atoms with Crippen LogP contribution in [0.2, 0.25) is 0 Å². The van der Waals surface area contributed by atoms with Gasteiger partial charge in [0.25, 0.3) is 0 Å². The number of nitrogens with zero attached hydrogens (tertiary/aromatic N) is 1. The molecule has 1 atom stereocenters. The number of rotatable bonds is 3. The summed E-state index contributed by atoms with van der Waals surface area (Å²) < 4.78 is 0. The van der Waals surface area contributed by atoms with Crippen molar-refractivity contribution in [3.05, 3.63) is 29.8 Å². The number of carbonyl (C=O) groups is 3. The fourth-order valence-corrected chi connectivity index (χ4v) is 2.04. The Morgan fingerprint density at radius 3 is 2.65 bits per heavy atom. The Labute approximate surface area is 115 Å². The van der Waals surface area contributed by atoms with Crippen LogP contribution in [0.1, 0.15) is 10.4 Å². The maximum absolute atomic E-state index is 12.3. The van der Waals surface area contributed by atoms with Crippen LogP contribution in [-0.2, 0) is 9.59 Å². The van der Waals surface area contributed by atoms with Gasteiger partial charge in [-0.25, -0.2) is 4.79 Å². The summed E-state index contributed by atoms with van der Waals surface area (Å²) in [5.41, 5.74) is 0.381. The Balaban J connectivity index is 2.19. The SMILES string of the molecule is CN(C(=O)C1CNC(=O)CN1)c1ccccc1C(=O)O. The zero-order chi connectivity index (χ0) is 14.7. The smallest absolute Gasteiger partial charge is 0.337 e. The van der Waals surface area contributed by atoms with E-state index in [0.717, 1.165) is 0 Å². The van der Waals surface area contributed by atoms with Crippen LogP contribution in [0, 0.1) is 0 Å². The summed E-state index contributed by atoms with van der Waals surface area (Å²) >= 11 is 0. The van der Waals surface area contributed by atoms with Crippen molar-refractivity contribution in [2.75, 3.05) is 25.0 Å². The number of hydrogen-bond donors (Lipinski definition) is 3. The number of piperazine rings is 1. The number of amides is 2. The average molecular weight is 277 g/mol. The summed E-state index contributed by atoms with van der Waals surface area (Å²) in [7, 11) is 1.52. The largest absolute Gasteiger partial charge is 0.478 e. The lowest BCUT2D eigenvalue weighted by Gasteiger charge is -2.28. The molecule has 1 aliphatic heterocycles. The van der Waals surface area contributed by atoms with E-state index in [1.807, 2.05) is 0 Å². The van der Waals surface area contributed by atoms with Crippen LogP contribution < -0.4 is 15.5 Å². The van der Waals surface area contributed by atoms with E-state index in [-0.39, 0.29) is 30.5 Å². The summed E-state index contributed by atoms with van der Waals surface area (Å²) in [6, 6.07) is 5.73. The van der Waals surface area contributed by atoms with E-state index in [9.17, 15) is 14.4 Å². The highest BCUT2D eigenvalue weighted by Crippen LogP contribution is 2.20. The molecule has 0 radical (unpaired) electrons. The molecule has 1 saturated heterocycles. The van der Waals surface area contributed by atoms with Crippen molar-refractivity contribution in [2.24, 2.45) is 0 Å². The summed E-state index contributed by atoms with van der Waals surface area (Å²) in [5.74, 6) is -1.55. The van der Waals surface area contributed by atoms with Crippen molar-refractivity contribution < 1.29 is 19.5 Å². The van der Waals surface area contributed by atoms with Gasteiger partial charge in [-0.2, -0.15) is 0 Å². The highest BCUT2D eigenvalue weighted by Gasteiger charge is 2.28. The van der Waals surface area contributed by atoms with Gasteiger partial charge >= 0.3 is 5.97 Å². The molecule has 1 aromatic rings. The number of likely N-dealkylation sites (N-methyl/N-ethyl adjacent to an activating group) is 1. The minimum Gasteiger partial charge on any atom is -0.478 e. The van der Waals surface area contributed by atoms with Gasteiger partial charge in [0.15, 0.2) is 0 Å². The lowest BCUT2D eigenvalue weighted by Crippen LogP contribution is -2.58. The molecule has 3 N–H and O–H groups in total. The molecule has 1 heterocycles. The van der Waals surface area contributed by atoms with E-state index in [1.54, 1.807) is 18.2 Å². The second kappa shape index (κ2) is 5.70. The molecule has 106 valence electrons. The van der Waals surface area contributed by atoms with Crippen molar-refractivity contribution in [1.82, 2.24) is 10.6 Å². The number of hydrogen-bond acceptors (Lipinski definition) is 4. The molecule has 7 nitrogen and oxygen atoms in total. The van der Waals surface area contributed by atoms with E-state index < -0.39 is 12.0 Å². The molecule has 1 aromatic carbocycles. The fraction of sp³-hybridized carbons (Fsp3) is 0.308. The summed E-state index contributed by atoms with van der Waals surface area (Å²) in [6.07, 6.45) is 0. The summed E-state index contributed by atoms with van der Waals surface area (Å²) in [4.78, 5) is 35.8. The van der Waals surface area contributed by atoms with Gasteiger partial charge in [0, 0.05) is 13.6 Å². The van der Waals surface area contributed by atoms with Gasteiger partial charge in [-0.05, 0) is 12.1 Å². The Bertz CT molecular complexity index is 548. The molecule has 1 unspecified atom stereocenters. The van der Waals surface area contributed by atoms with Crippen LogP contribution in [0.25, 0.3) is 0 Å². The first-order chi connectivity index (χ1) is 9.50. The molecule has 0 bridgehead atoms. The molecule has 2 rings (SSSR count). The molecule has 0 aliphatic carbocycles. The lowest BCUT2D eigenvalue weighted by molar-refractivity contribution is -0.125. The van der Waals surface area contributed by atoms with E-state index in [4.69, 9.17) is 5.11 Å². The van der Waals surface area contributed by atoms with Gasteiger partial charge in [0.1, 0.15) is 6.04 Å². The molecule has 1 aliphatic rings. The van der Waals surface area contributed by atoms with E-state index >= 15 is 0 Å². The number of carboxylic acid groups (broad SMARTS) is 1. The normalized spacial score (nSPS) is 18.2. The number of carboxylic acids is 1. The molecule has 1 fully saturated rings. The predicted octanol–water partition coefficient (Wildman–Crippen LogP) is -0.564. The first-order valence-corrected chi connectivity index (χ1v) is 6.10. The van der Waals surface area contributed by atoms with Crippen LogP contribution in [-0.4, -0.2) is 49.1 Å². The average Bonchev–Trinajstić information content (AvgIpc) is 2.46. The first-order valence-electron chi connectivity index (χ1n) is 6.10. The molecule has 7 heteroatoms. The van der Waals surface area contributed by atoms with Gasteiger partial charge in [0.2, 0.25) is 11.8 Å². The molecular weight excluding hydrogens is 262 g/mol. The molecule has 20 heavy (non-hydrogen) atoms. The van der Waals surface area contributed by atoms with Crippen molar-refractivity contribution in [2.45, 2.75) is 6.04 Å². The third-order valence-electron chi connectivity index (χ3n) is 3.14. The molecule has 0 aromatic heterocycles. The first kappa shape index (κ1) is 14.0. The fourth-order valence-electron chi connectivity index (χ4n) is 2.04. The lowest BCUT2D eigenvalue weighted by atomic mass is 10.1. The second-order valence-electron chi connectivity index (χ2n) is 4.46. The molecule has 2 amide bonds. The topological polar surface area (TPSA) is 98.7 Å². The van der Waals surface area contributed by atoms with Gasteiger partial charge < -0.3 is 15.3 Å². The van der Waals surface area contributed by atoms with E-state index in [0.29, 0.717) is 5.69 Å². The van der Waals surface area contributed by atoms with Crippen LogP contribution in [0.4, 0.5) is 5.69 Å². The summed E-state index contributed by atoms with van der Waals surface area (Å²) in [5, 5.41) is 14.5.